The van der Waals surface area contributed by atoms with Crippen LogP contribution in [-0.2, 0) is 6.54 Å². The first kappa shape index (κ1) is 17.3. The fourth-order valence-corrected chi connectivity index (χ4v) is 2.40. The molecule has 0 amide bonds. The number of nitrogens with zero attached hydrogens (tertiary/aromatic N) is 2. The highest BCUT2D eigenvalue weighted by atomic mass is 32.2. The van der Waals surface area contributed by atoms with Crippen molar-refractivity contribution in [3.05, 3.63) is 23.4 Å². The lowest BCUT2D eigenvalue weighted by molar-refractivity contribution is 0.672. The van der Waals surface area contributed by atoms with Crippen molar-refractivity contribution in [1.82, 2.24) is 10.3 Å². The minimum absolute atomic E-state index is 0.467. The van der Waals surface area contributed by atoms with E-state index in [1.54, 1.807) is 0 Å². The zero-order chi connectivity index (χ0) is 15.0. The van der Waals surface area contributed by atoms with E-state index >= 15 is 0 Å². The molecule has 0 aliphatic carbocycles. The van der Waals surface area contributed by atoms with E-state index in [2.05, 4.69) is 56.4 Å². The first-order valence-electron chi connectivity index (χ1n) is 7.50. The van der Waals surface area contributed by atoms with Crippen molar-refractivity contribution in [2.24, 2.45) is 0 Å². The monoisotopic (exact) mass is 295 g/mol. The number of anilines is 1. The Bertz CT molecular complexity index is 393. The van der Waals surface area contributed by atoms with Gasteiger partial charge in [0.15, 0.2) is 0 Å². The molecule has 0 fully saturated rings. The average molecular weight is 295 g/mol. The van der Waals surface area contributed by atoms with Crippen LogP contribution < -0.4 is 10.2 Å². The maximum Gasteiger partial charge on any atom is 0.128 e. The molecule has 20 heavy (non-hydrogen) atoms. The van der Waals surface area contributed by atoms with Gasteiger partial charge in [0.25, 0.3) is 0 Å². The molecule has 3 nitrogen and oxygen atoms in total. The van der Waals surface area contributed by atoms with Crippen molar-refractivity contribution in [3.63, 3.8) is 0 Å². The van der Waals surface area contributed by atoms with E-state index in [4.69, 9.17) is 4.98 Å². The average Bonchev–Trinajstić information content (AvgIpc) is 2.44. The van der Waals surface area contributed by atoms with Crippen LogP contribution in [0.2, 0.25) is 0 Å². The number of hydrogen-bond acceptors (Lipinski definition) is 4. The van der Waals surface area contributed by atoms with Gasteiger partial charge >= 0.3 is 0 Å². The van der Waals surface area contributed by atoms with Crippen molar-refractivity contribution < 1.29 is 0 Å². The molecule has 0 unspecified atom stereocenters. The fraction of sp³-hybridized carbons (Fsp3) is 0.688. The third-order valence-corrected chi connectivity index (χ3v) is 3.85. The van der Waals surface area contributed by atoms with Crippen LogP contribution in [0.4, 0.5) is 5.82 Å². The largest absolute Gasteiger partial charge is 0.359 e. The van der Waals surface area contributed by atoms with E-state index in [1.807, 2.05) is 11.8 Å². The summed E-state index contributed by atoms with van der Waals surface area (Å²) in [5.41, 5.74) is 2.52. The Hall–Kier alpha value is -0.740. The third-order valence-electron chi connectivity index (χ3n) is 3.26. The number of aromatic nitrogens is 1. The molecular formula is C16H29N3S. The molecule has 0 saturated carbocycles. The predicted octanol–water partition coefficient (Wildman–Crippen LogP) is 3.50. The lowest BCUT2D eigenvalue weighted by atomic mass is 10.1. The summed E-state index contributed by atoms with van der Waals surface area (Å²) in [6, 6.07) is 4.45. The summed E-state index contributed by atoms with van der Waals surface area (Å²) < 4.78 is 0. The summed E-state index contributed by atoms with van der Waals surface area (Å²) >= 11 is 1.87. The molecule has 0 atom stereocenters. The van der Waals surface area contributed by atoms with Crippen molar-refractivity contribution in [2.75, 3.05) is 37.0 Å². The molecule has 4 heteroatoms. The van der Waals surface area contributed by atoms with Crippen LogP contribution in [0.15, 0.2) is 12.1 Å². The summed E-state index contributed by atoms with van der Waals surface area (Å²) in [6.45, 7) is 9.64. The van der Waals surface area contributed by atoms with Gasteiger partial charge in [-0.2, -0.15) is 11.8 Å². The number of nitrogens with one attached hydrogen (secondary N) is 1. The Balaban J connectivity index is 2.86. The molecule has 1 N–H and O–H groups in total. The highest BCUT2D eigenvalue weighted by molar-refractivity contribution is 7.98. The van der Waals surface area contributed by atoms with Crippen LogP contribution >= 0.6 is 11.8 Å². The molecule has 1 rings (SSSR count). The van der Waals surface area contributed by atoms with Gasteiger partial charge in [-0.25, -0.2) is 4.98 Å². The number of rotatable bonds is 9. The van der Waals surface area contributed by atoms with E-state index in [-0.39, 0.29) is 0 Å². The topological polar surface area (TPSA) is 28.2 Å². The molecule has 1 aromatic rings. The van der Waals surface area contributed by atoms with Crippen molar-refractivity contribution in [3.8, 4) is 0 Å². The first-order chi connectivity index (χ1) is 9.58. The minimum atomic E-state index is 0.467. The lowest BCUT2D eigenvalue weighted by Crippen LogP contribution is -2.22. The van der Waals surface area contributed by atoms with Gasteiger partial charge in [-0.05, 0) is 42.8 Å². The summed E-state index contributed by atoms with van der Waals surface area (Å²) in [5, 5.41) is 3.48. The van der Waals surface area contributed by atoms with Gasteiger partial charge in [0.2, 0.25) is 0 Å². The summed E-state index contributed by atoms with van der Waals surface area (Å²) in [5.74, 6) is 2.69. The van der Waals surface area contributed by atoms with Crippen molar-refractivity contribution in [1.29, 1.82) is 0 Å². The van der Waals surface area contributed by atoms with Crippen LogP contribution in [-0.4, -0.2) is 37.1 Å². The van der Waals surface area contributed by atoms with Crippen LogP contribution in [0.25, 0.3) is 0 Å². The molecule has 1 aromatic heterocycles. The first-order valence-corrected chi connectivity index (χ1v) is 8.89. The Morgan fingerprint density at radius 3 is 2.70 bits per heavy atom. The number of thioether (sulfide) groups is 1. The maximum atomic E-state index is 4.80. The summed E-state index contributed by atoms with van der Waals surface area (Å²) in [4.78, 5) is 7.06. The summed E-state index contributed by atoms with van der Waals surface area (Å²) in [6.07, 6.45) is 3.31. The highest BCUT2D eigenvalue weighted by Gasteiger charge is 2.09. The third kappa shape index (κ3) is 5.71. The SMILES string of the molecule is CCCNCc1cc(C(C)C)nc(N(C)CCSC)c1. The molecule has 0 spiro atoms. The van der Waals surface area contributed by atoms with Gasteiger partial charge in [0.1, 0.15) is 5.82 Å². The molecule has 1 heterocycles. The van der Waals surface area contributed by atoms with Crippen LogP contribution in [0, 0.1) is 0 Å². The van der Waals surface area contributed by atoms with Crippen LogP contribution in [0.5, 0.6) is 0 Å². The van der Waals surface area contributed by atoms with Gasteiger partial charge < -0.3 is 10.2 Å². The highest BCUT2D eigenvalue weighted by Crippen LogP contribution is 2.20. The molecule has 0 saturated heterocycles. The smallest absolute Gasteiger partial charge is 0.128 e. The molecule has 0 bridgehead atoms. The zero-order valence-electron chi connectivity index (χ0n) is 13.6. The molecular weight excluding hydrogens is 266 g/mol. The second-order valence-corrected chi connectivity index (χ2v) is 6.49. The van der Waals surface area contributed by atoms with Gasteiger partial charge in [-0.3, -0.25) is 0 Å². The van der Waals surface area contributed by atoms with Gasteiger partial charge in [0, 0.05) is 31.6 Å². The fourth-order valence-electron chi connectivity index (χ4n) is 1.94. The van der Waals surface area contributed by atoms with Gasteiger partial charge in [-0.1, -0.05) is 20.8 Å². The quantitative estimate of drug-likeness (QED) is 0.706. The Morgan fingerprint density at radius 2 is 2.10 bits per heavy atom. The van der Waals surface area contributed by atoms with Crippen LogP contribution in [0.1, 0.15) is 44.4 Å². The van der Waals surface area contributed by atoms with Crippen LogP contribution in [0.3, 0.4) is 0 Å². The Labute approximate surface area is 128 Å². The minimum Gasteiger partial charge on any atom is -0.359 e. The molecule has 0 aliphatic rings. The van der Waals surface area contributed by atoms with E-state index < -0.39 is 0 Å². The van der Waals surface area contributed by atoms with Crippen molar-refractivity contribution in [2.45, 2.75) is 39.7 Å². The predicted molar refractivity (Wildman–Crippen MR) is 92.0 cm³/mol. The second-order valence-electron chi connectivity index (χ2n) is 5.50. The van der Waals surface area contributed by atoms with E-state index in [9.17, 15) is 0 Å². The van der Waals surface area contributed by atoms with E-state index in [0.29, 0.717) is 5.92 Å². The summed E-state index contributed by atoms with van der Waals surface area (Å²) in [7, 11) is 2.13. The zero-order valence-corrected chi connectivity index (χ0v) is 14.4. The molecule has 0 radical (unpaired) electrons. The maximum absolute atomic E-state index is 4.80. The normalized spacial score (nSPS) is 11.1. The standard InChI is InChI=1S/C16H29N3S/c1-6-7-17-12-14-10-15(13(2)3)18-16(11-14)19(4)8-9-20-5/h10-11,13,17H,6-9,12H2,1-5H3. The lowest BCUT2D eigenvalue weighted by Gasteiger charge is -2.20. The van der Waals surface area contributed by atoms with Gasteiger partial charge in [0.05, 0.1) is 0 Å². The Kier molecular flexibility index (Phi) is 8.00. The molecule has 114 valence electrons. The molecule has 0 aromatic carbocycles. The Morgan fingerprint density at radius 1 is 1.35 bits per heavy atom. The number of hydrogen-bond donors (Lipinski definition) is 1. The van der Waals surface area contributed by atoms with Gasteiger partial charge in [-0.15, -0.1) is 0 Å². The van der Waals surface area contributed by atoms with E-state index in [0.717, 1.165) is 31.2 Å². The van der Waals surface area contributed by atoms with E-state index in [1.165, 1.54) is 17.7 Å². The second kappa shape index (κ2) is 9.24. The molecule has 0 aliphatic heterocycles. The number of pyridine rings is 1. The van der Waals surface area contributed by atoms with Crippen molar-refractivity contribution >= 4 is 17.6 Å².